The number of hydrogen-bond acceptors (Lipinski definition) is 7. The number of carbonyl (C=O) groups excluding carboxylic acids is 2. The third-order valence-corrected chi connectivity index (χ3v) is 6.79. The highest BCUT2D eigenvalue weighted by atomic mass is 32.2. The number of carbonyl (C=O) groups is 2. The Morgan fingerprint density at radius 2 is 1.51 bits per heavy atom. The molecular formula is C27H22N4O5S. The number of rotatable bonds is 9. The zero-order valence-corrected chi connectivity index (χ0v) is 20.3. The zero-order valence-electron chi connectivity index (χ0n) is 19.5. The normalized spacial score (nSPS) is 11.1. The van der Waals surface area contributed by atoms with E-state index in [1.54, 1.807) is 78.9 Å². The van der Waals surface area contributed by atoms with Gasteiger partial charge in [0, 0.05) is 6.20 Å². The Morgan fingerprint density at radius 1 is 0.865 bits per heavy atom. The summed E-state index contributed by atoms with van der Waals surface area (Å²) >= 11 is 0. The first-order valence-electron chi connectivity index (χ1n) is 11.1. The lowest BCUT2D eigenvalue weighted by molar-refractivity contribution is -0.119. The van der Waals surface area contributed by atoms with Crippen LogP contribution in [0.1, 0.15) is 15.9 Å². The number of nitrogens with zero attached hydrogens (tertiary/aromatic N) is 3. The van der Waals surface area contributed by atoms with Gasteiger partial charge in [0.15, 0.2) is 0 Å². The largest absolute Gasteiger partial charge is 0.423 e. The molecule has 1 heterocycles. The Labute approximate surface area is 214 Å². The molecule has 10 heteroatoms. The van der Waals surface area contributed by atoms with Gasteiger partial charge in [0.05, 0.1) is 16.7 Å². The van der Waals surface area contributed by atoms with E-state index in [0.717, 1.165) is 4.31 Å². The summed E-state index contributed by atoms with van der Waals surface area (Å²) in [6.45, 7) is -0.528. The van der Waals surface area contributed by atoms with Crippen LogP contribution in [0.25, 0.3) is 0 Å². The predicted molar refractivity (Wildman–Crippen MR) is 139 cm³/mol. The Hall–Kier alpha value is -4.83. The van der Waals surface area contributed by atoms with Crippen molar-refractivity contribution in [3.8, 4) is 5.75 Å². The highest BCUT2D eigenvalue weighted by Gasteiger charge is 2.27. The lowest BCUT2D eigenvalue weighted by Crippen LogP contribution is -2.40. The lowest BCUT2D eigenvalue weighted by Gasteiger charge is -2.22. The number of sulfonamides is 1. The molecule has 186 valence electrons. The number of benzene rings is 3. The lowest BCUT2D eigenvalue weighted by atomic mass is 10.2. The van der Waals surface area contributed by atoms with Crippen molar-refractivity contribution in [1.29, 1.82) is 0 Å². The molecular weight excluding hydrogens is 492 g/mol. The summed E-state index contributed by atoms with van der Waals surface area (Å²) in [5.41, 5.74) is 3.39. The van der Waals surface area contributed by atoms with Gasteiger partial charge in [-0.15, -0.1) is 0 Å². The second kappa shape index (κ2) is 11.7. The fraction of sp³-hybridized carbons (Fsp3) is 0.0370. The minimum atomic E-state index is -4.04. The van der Waals surface area contributed by atoms with Crippen LogP contribution in [0.5, 0.6) is 5.75 Å². The summed E-state index contributed by atoms with van der Waals surface area (Å²) in [4.78, 5) is 28.9. The van der Waals surface area contributed by atoms with Gasteiger partial charge >= 0.3 is 5.97 Å². The molecule has 1 N–H and O–H groups in total. The average Bonchev–Trinajstić information content (AvgIpc) is 2.94. The fourth-order valence-corrected chi connectivity index (χ4v) is 4.61. The molecule has 1 aromatic heterocycles. The molecule has 0 atom stereocenters. The van der Waals surface area contributed by atoms with E-state index in [2.05, 4.69) is 15.5 Å². The SMILES string of the molecule is O=C(CN(c1ccccn1)S(=O)(=O)c1ccccc1)NN=Cc1ccc(OC(=O)c2ccccc2)cc1. The molecule has 0 aliphatic heterocycles. The van der Waals surface area contributed by atoms with Crippen LogP contribution in [0.4, 0.5) is 5.82 Å². The van der Waals surface area contributed by atoms with Crippen molar-refractivity contribution >= 4 is 33.9 Å². The summed E-state index contributed by atoms with van der Waals surface area (Å²) in [5.74, 6) is -0.676. The highest BCUT2D eigenvalue weighted by Crippen LogP contribution is 2.21. The maximum absolute atomic E-state index is 13.2. The number of aromatic nitrogens is 1. The van der Waals surface area contributed by atoms with Crippen LogP contribution < -0.4 is 14.5 Å². The van der Waals surface area contributed by atoms with Crippen LogP contribution in [0.2, 0.25) is 0 Å². The van der Waals surface area contributed by atoms with Gasteiger partial charge in [-0.05, 0) is 66.2 Å². The van der Waals surface area contributed by atoms with E-state index in [0.29, 0.717) is 16.9 Å². The zero-order chi connectivity index (χ0) is 26.1. The maximum atomic E-state index is 13.2. The van der Waals surface area contributed by atoms with Gasteiger partial charge in [-0.2, -0.15) is 5.10 Å². The second-order valence-corrected chi connectivity index (χ2v) is 9.49. The van der Waals surface area contributed by atoms with E-state index in [9.17, 15) is 18.0 Å². The van der Waals surface area contributed by atoms with E-state index in [1.165, 1.54) is 30.6 Å². The highest BCUT2D eigenvalue weighted by molar-refractivity contribution is 7.92. The van der Waals surface area contributed by atoms with Gasteiger partial charge in [0.25, 0.3) is 15.9 Å². The number of esters is 1. The van der Waals surface area contributed by atoms with Crippen molar-refractivity contribution in [2.75, 3.05) is 10.8 Å². The molecule has 9 nitrogen and oxygen atoms in total. The molecule has 4 aromatic rings. The molecule has 0 aliphatic carbocycles. The first kappa shape index (κ1) is 25.3. The minimum Gasteiger partial charge on any atom is -0.423 e. The molecule has 0 saturated carbocycles. The maximum Gasteiger partial charge on any atom is 0.343 e. The minimum absolute atomic E-state index is 0.0324. The number of amides is 1. The Bertz CT molecular complexity index is 1480. The number of pyridine rings is 1. The summed E-state index contributed by atoms with van der Waals surface area (Å²) < 4.78 is 32.6. The van der Waals surface area contributed by atoms with Gasteiger partial charge in [-0.1, -0.05) is 42.5 Å². The molecule has 37 heavy (non-hydrogen) atoms. The van der Waals surface area contributed by atoms with Crippen molar-refractivity contribution in [3.63, 3.8) is 0 Å². The molecule has 1 amide bonds. The van der Waals surface area contributed by atoms with Gasteiger partial charge in [-0.3, -0.25) is 4.79 Å². The van der Waals surface area contributed by atoms with Gasteiger partial charge in [0.1, 0.15) is 18.1 Å². The first-order chi connectivity index (χ1) is 17.9. The van der Waals surface area contributed by atoms with Crippen LogP contribution in [-0.4, -0.2) is 38.0 Å². The second-order valence-electron chi connectivity index (χ2n) is 7.63. The Balaban J connectivity index is 1.39. The standard InChI is InChI=1S/C27H22N4O5S/c32-26(20-31(25-13-7-8-18-28-25)37(34,35)24-11-5-2-6-12-24)30-29-19-21-14-16-23(17-15-21)36-27(33)22-9-3-1-4-10-22/h1-19H,20H2,(H,30,32). The van der Waals surface area contributed by atoms with Crippen molar-refractivity contribution in [2.45, 2.75) is 4.90 Å². The van der Waals surface area contributed by atoms with Crippen molar-refractivity contribution in [1.82, 2.24) is 10.4 Å². The topological polar surface area (TPSA) is 118 Å². The third-order valence-electron chi connectivity index (χ3n) is 5.03. The van der Waals surface area contributed by atoms with E-state index in [-0.39, 0.29) is 10.7 Å². The molecule has 0 bridgehead atoms. The van der Waals surface area contributed by atoms with E-state index in [1.807, 2.05) is 6.07 Å². The Kier molecular flexibility index (Phi) is 8.01. The number of nitrogens with one attached hydrogen (secondary N) is 1. The van der Waals surface area contributed by atoms with E-state index >= 15 is 0 Å². The number of ether oxygens (including phenoxy) is 1. The van der Waals surface area contributed by atoms with E-state index < -0.39 is 28.4 Å². The number of hydrogen-bond donors (Lipinski definition) is 1. The molecule has 0 spiro atoms. The molecule has 0 saturated heterocycles. The van der Waals surface area contributed by atoms with Crippen LogP contribution in [-0.2, 0) is 14.8 Å². The van der Waals surface area contributed by atoms with Crippen molar-refractivity contribution < 1.29 is 22.7 Å². The van der Waals surface area contributed by atoms with Crippen LogP contribution in [0.3, 0.4) is 0 Å². The predicted octanol–water partition coefficient (Wildman–Crippen LogP) is 3.65. The fourth-order valence-electron chi connectivity index (χ4n) is 3.22. The van der Waals surface area contributed by atoms with E-state index in [4.69, 9.17) is 4.74 Å². The quantitative estimate of drug-likeness (QED) is 0.158. The van der Waals surface area contributed by atoms with Crippen molar-refractivity contribution in [3.05, 3.63) is 120 Å². The van der Waals surface area contributed by atoms with Crippen molar-refractivity contribution in [2.24, 2.45) is 5.10 Å². The first-order valence-corrected chi connectivity index (χ1v) is 12.6. The molecule has 0 fully saturated rings. The molecule has 3 aromatic carbocycles. The van der Waals surface area contributed by atoms with Crippen LogP contribution in [0.15, 0.2) is 119 Å². The molecule has 0 unspecified atom stereocenters. The number of anilines is 1. The van der Waals surface area contributed by atoms with Crippen LogP contribution >= 0.6 is 0 Å². The molecule has 4 rings (SSSR count). The number of hydrazone groups is 1. The molecule has 0 radical (unpaired) electrons. The summed E-state index contributed by atoms with van der Waals surface area (Å²) in [7, 11) is -4.04. The van der Waals surface area contributed by atoms with Crippen LogP contribution in [0, 0.1) is 0 Å². The summed E-state index contributed by atoms with van der Waals surface area (Å²) in [6, 6.07) is 27.7. The molecule has 0 aliphatic rings. The summed E-state index contributed by atoms with van der Waals surface area (Å²) in [5, 5.41) is 3.91. The summed E-state index contributed by atoms with van der Waals surface area (Å²) in [6.07, 6.45) is 2.83. The third kappa shape index (κ3) is 6.65. The smallest absolute Gasteiger partial charge is 0.343 e. The van der Waals surface area contributed by atoms with Gasteiger partial charge in [0.2, 0.25) is 0 Å². The van der Waals surface area contributed by atoms with Gasteiger partial charge < -0.3 is 4.74 Å². The van der Waals surface area contributed by atoms with Gasteiger partial charge in [-0.25, -0.2) is 27.9 Å². The monoisotopic (exact) mass is 514 g/mol. The average molecular weight is 515 g/mol. The Morgan fingerprint density at radius 3 is 2.16 bits per heavy atom.